The number of aromatic nitrogens is 2. The molecule has 0 spiro atoms. The standard InChI is InChI=1S/C12H13F2N3/c1-2-17-7-16-10(12(17)15)8-3-5-9(6-4-8)11(13)14/h3-7,11H,2,15H2,1H3. The van der Waals surface area contributed by atoms with Crippen LogP contribution in [0.25, 0.3) is 11.3 Å². The molecule has 3 nitrogen and oxygen atoms in total. The zero-order valence-corrected chi connectivity index (χ0v) is 9.40. The van der Waals surface area contributed by atoms with Crippen LogP contribution in [0.2, 0.25) is 0 Å². The fourth-order valence-corrected chi connectivity index (χ4v) is 1.65. The number of aryl methyl sites for hydroxylation is 1. The van der Waals surface area contributed by atoms with Gasteiger partial charge in [-0.15, -0.1) is 0 Å². The molecule has 2 aromatic rings. The molecule has 1 aromatic carbocycles. The van der Waals surface area contributed by atoms with Crippen LogP contribution < -0.4 is 5.73 Å². The van der Waals surface area contributed by atoms with Crippen molar-refractivity contribution in [1.82, 2.24) is 9.55 Å². The highest BCUT2D eigenvalue weighted by molar-refractivity contribution is 5.70. The number of nitrogens with zero attached hydrogens (tertiary/aromatic N) is 2. The maximum absolute atomic E-state index is 12.4. The second-order valence-electron chi connectivity index (χ2n) is 3.69. The molecule has 0 aliphatic rings. The van der Waals surface area contributed by atoms with E-state index >= 15 is 0 Å². The van der Waals surface area contributed by atoms with Gasteiger partial charge in [-0.25, -0.2) is 13.8 Å². The summed E-state index contributed by atoms with van der Waals surface area (Å²) >= 11 is 0. The molecule has 1 aromatic heterocycles. The Bertz CT molecular complexity index is 503. The van der Waals surface area contributed by atoms with Crippen molar-refractivity contribution < 1.29 is 8.78 Å². The molecule has 2 N–H and O–H groups in total. The number of nitrogens with two attached hydrogens (primary N) is 1. The summed E-state index contributed by atoms with van der Waals surface area (Å²) < 4.78 is 26.6. The van der Waals surface area contributed by atoms with Gasteiger partial charge in [0.2, 0.25) is 0 Å². The Labute approximate surface area is 97.9 Å². The van der Waals surface area contributed by atoms with Crippen LogP contribution in [0.5, 0.6) is 0 Å². The van der Waals surface area contributed by atoms with Gasteiger partial charge in [0.05, 0.1) is 6.33 Å². The van der Waals surface area contributed by atoms with Crippen LogP contribution in [0.1, 0.15) is 18.9 Å². The monoisotopic (exact) mass is 237 g/mol. The third kappa shape index (κ3) is 2.13. The molecule has 0 fully saturated rings. The maximum atomic E-state index is 12.4. The second-order valence-corrected chi connectivity index (χ2v) is 3.69. The van der Waals surface area contributed by atoms with Gasteiger partial charge in [-0.1, -0.05) is 24.3 Å². The summed E-state index contributed by atoms with van der Waals surface area (Å²) in [5.41, 5.74) is 7.28. The number of rotatable bonds is 3. The molecule has 0 saturated heterocycles. The predicted molar refractivity (Wildman–Crippen MR) is 62.7 cm³/mol. The first-order valence-electron chi connectivity index (χ1n) is 5.32. The Kier molecular flexibility index (Phi) is 3.08. The SMILES string of the molecule is CCn1cnc(-c2ccc(C(F)F)cc2)c1N. The summed E-state index contributed by atoms with van der Waals surface area (Å²) in [5, 5.41) is 0. The highest BCUT2D eigenvalue weighted by atomic mass is 19.3. The van der Waals surface area contributed by atoms with E-state index in [0.29, 0.717) is 11.5 Å². The van der Waals surface area contributed by atoms with Crippen LogP contribution in [0, 0.1) is 0 Å². The van der Waals surface area contributed by atoms with Gasteiger partial charge < -0.3 is 10.3 Å². The number of halogens is 2. The molecular weight excluding hydrogens is 224 g/mol. The molecule has 0 saturated carbocycles. The second kappa shape index (κ2) is 4.53. The molecule has 5 heteroatoms. The average molecular weight is 237 g/mol. The molecule has 0 aliphatic heterocycles. The highest BCUT2D eigenvalue weighted by Crippen LogP contribution is 2.26. The zero-order valence-electron chi connectivity index (χ0n) is 9.40. The fourth-order valence-electron chi connectivity index (χ4n) is 1.65. The lowest BCUT2D eigenvalue weighted by atomic mass is 10.1. The van der Waals surface area contributed by atoms with E-state index in [1.54, 1.807) is 23.0 Å². The molecule has 0 amide bonds. The Morgan fingerprint density at radius 3 is 2.41 bits per heavy atom. The number of hydrogen-bond donors (Lipinski definition) is 1. The fraction of sp³-hybridized carbons (Fsp3) is 0.250. The van der Waals surface area contributed by atoms with Gasteiger partial charge in [0.1, 0.15) is 11.5 Å². The summed E-state index contributed by atoms with van der Waals surface area (Å²) in [6.45, 7) is 2.69. The average Bonchev–Trinajstić information content (AvgIpc) is 2.70. The largest absolute Gasteiger partial charge is 0.383 e. The van der Waals surface area contributed by atoms with Crippen molar-refractivity contribution in [3.63, 3.8) is 0 Å². The van der Waals surface area contributed by atoms with Crippen LogP contribution in [0.3, 0.4) is 0 Å². The van der Waals surface area contributed by atoms with Crippen LogP contribution in [0.15, 0.2) is 30.6 Å². The van der Waals surface area contributed by atoms with Gasteiger partial charge >= 0.3 is 0 Å². The summed E-state index contributed by atoms with van der Waals surface area (Å²) in [5.74, 6) is 0.553. The molecule has 1 heterocycles. The lowest BCUT2D eigenvalue weighted by Gasteiger charge is -2.04. The summed E-state index contributed by atoms with van der Waals surface area (Å²) in [6.07, 6.45) is -0.805. The van der Waals surface area contributed by atoms with Crippen molar-refractivity contribution in [1.29, 1.82) is 0 Å². The molecule has 0 atom stereocenters. The third-order valence-corrected chi connectivity index (χ3v) is 2.66. The molecule has 0 aliphatic carbocycles. The van der Waals surface area contributed by atoms with Gasteiger partial charge in [0, 0.05) is 17.7 Å². The number of hydrogen-bond acceptors (Lipinski definition) is 2. The third-order valence-electron chi connectivity index (χ3n) is 2.66. The minimum atomic E-state index is -2.45. The number of imidazole rings is 1. The van der Waals surface area contributed by atoms with Gasteiger partial charge in [0.15, 0.2) is 0 Å². The van der Waals surface area contributed by atoms with E-state index in [2.05, 4.69) is 4.98 Å². The van der Waals surface area contributed by atoms with Crippen molar-refractivity contribution in [2.24, 2.45) is 0 Å². The van der Waals surface area contributed by atoms with Gasteiger partial charge in [-0.05, 0) is 6.92 Å². The number of alkyl halides is 2. The number of nitrogen functional groups attached to an aromatic ring is 1. The first-order valence-corrected chi connectivity index (χ1v) is 5.32. The van der Waals surface area contributed by atoms with E-state index in [1.165, 1.54) is 12.1 Å². The van der Waals surface area contributed by atoms with E-state index in [-0.39, 0.29) is 5.56 Å². The number of benzene rings is 1. The molecule has 0 bridgehead atoms. The van der Waals surface area contributed by atoms with Crippen molar-refractivity contribution >= 4 is 5.82 Å². The predicted octanol–water partition coefficient (Wildman–Crippen LogP) is 3.09. The van der Waals surface area contributed by atoms with Gasteiger partial charge in [-0.3, -0.25) is 0 Å². The van der Waals surface area contributed by atoms with E-state index in [0.717, 1.165) is 12.1 Å². The van der Waals surface area contributed by atoms with Crippen LogP contribution >= 0.6 is 0 Å². The van der Waals surface area contributed by atoms with Gasteiger partial charge in [0.25, 0.3) is 6.43 Å². The van der Waals surface area contributed by atoms with Crippen LogP contribution in [0.4, 0.5) is 14.6 Å². The normalized spacial score (nSPS) is 11.1. The minimum absolute atomic E-state index is 0.00208. The number of anilines is 1. The molecule has 17 heavy (non-hydrogen) atoms. The van der Waals surface area contributed by atoms with Crippen molar-refractivity contribution in [3.8, 4) is 11.3 Å². The van der Waals surface area contributed by atoms with Gasteiger partial charge in [-0.2, -0.15) is 0 Å². The first-order chi connectivity index (χ1) is 8.13. The quantitative estimate of drug-likeness (QED) is 0.891. The summed E-state index contributed by atoms with van der Waals surface area (Å²) in [4.78, 5) is 4.18. The first kappa shape index (κ1) is 11.6. The van der Waals surface area contributed by atoms with Crippen molar-refractivity contribution in [2.45, 2.75) is 19.9 Å². The Morgan fingerprint density at radius 1 is 1.29 bits per heavy atom. The lowest BCUT2D eigenvalue weighted by Crippen LogP contribution is -1.99. The van der Waals surface area contributed by atoms with Crippen molar-refractivity contribution in [3.05, 3.63) is 36.2 Å². The summed E-state index contributed by atoms with van der Waals surface area (Å²) in [7, 11) is 0. The van der Waals surface area contributed by atoms with Crippen LogP contribution in [-0.2, 0) is 6.54 Å². The molecule has 2 rings (SSSR count). The molecule has 0 radical (unpaired) electrons. The Morgan fingerprint density at radius 2 is 1.94 bits per heavy atom. The molecule has 90 valence electrons. The topological polar surface area (TPSA) is 43.8 Å². The smallest absolute Gasteiger partial charge is 0.263 e. The lowest BCUT2D eigenvalue weighted by molar-refractivity contribution is 0.151. The molecule has 0 unspecified atom stereocenters. The Balaban J connectivity index is 2.36. The van der Waals surface area contributed by atoms with Crippen LogP contribution in [-0.4, -0.2) is 9.55 Å². The molecular formula is C12H13F2N3. The van der Waals surface area contributed by atoms with E-state index in [4.69, 9.17) is 5.73 Å². The minimum Gasteiger partial charge on any atom is -0.383 e. The highest BCUT2D eigenvalue weighted by Gasteiger charge is 2.11. The Hall–Kier alpha value is -1.91. The van der Waals surface area contributed by atoms with E-state index < -0.39 is 6.43 Å². The summed E-state index contributed by atoms with van der Waals surface area (Å²) in [6, 6.07) is 6.01. The van der Waals surface area contributed by atoms with Crippen molar-refractivity contribution in [2.75, 3.05) is 5.73 Å². The zero-order chi connectivity index (χ0) is 12.4. The van der Waals surface area contributed by atoms with E-state index in [1.807, 2.05) is 6.92 Å². The maximum Gasteiger partial charge on any atom is 0.263 e. The van der Waals surface area contributed by atoms with E-state index in [9.17, 15) is 8.78 Å².